The highest BCUT2D eigenvalue weighted by atomic mass is 35.5. The minimum atomic E-state index is -1.23. The van der Waals surface area contributed by atoms with Crippen LogP contribution in [0.15, 0.2) is 12.1 Å². The molecule has 21 heavy (non-hydrogen) atoms. The van der Waals surface area contributed by atoms with Gasteiger partial charge in [0.05, 0.1) is 11.8 Å². The lowest BCUT2D eigenvalue weighted by molar-refractivity contribution is -0.156. The van der Waals surface area contributed by atoms with E-state index in [2.05, 4.69) is 10.2 Å². The first kappa shape index (κ1) is 15.2. The van der Waals surface area contributed by atoms with Gasteiger partial charge in [-0.1, -0.05) is 11.6 Å². The molecule has 8 nitrogen and oxygen atoms in total. The number of halogens is 1. The van der Waals surface area contributed by atoms with Gasteiger partial charge in [-0.15, -0.1) is 10.2 Å². The smallest absolute Gasteiger partial charge is 0.309 e. The molecule has 1 fully saturated rings. The summed E-state index contributed by atoms with van der Waals surface area (Å²) in [7, 11) is 0. The fourth-order valence-electron chi connectivity index (χ4n) is 2.27. The number of rotatable bonds is 3. The highest BCUT2D eigenvalue weighted by molar-refractivity contribution is 6.29. The molecule has 2 atom stereocenters. The fraction of sp³-hybridized carbons (Fsp3) is 0.417. The largest absolute Gasteiger partial charge is 0.481 e. The van der Waals surface area contributed by atoms with Gasteiger partial charge >= 0.3 is 11.9 Å². The standard InChI is InChI=1S/C12H12ClN3O5/c13-9-2-1-8(14-15-9)10(17)16-4-3-6(11(18)19)7(5-16)12(20)21/h1-2,6-7H,3-5H2,(H,18,19)(H,20,21). The molecule has 2 heterocycles. The molecule has 9 heteroatoms. The average molecular weight is 314 g/mol. The first-order chi connectivity index (χ1) is 9.90. The number of carboxylic acids is 2. The third-order valence-corrected chi connectivity index (χ3v) is 3.59. The molecular weight excluding hydrogens is 302 g/mol. The number of amides is 1. The number of aliphatic carboxylic acids is 2. The predicted molar refractivity (Wildman–Crippen MR) is 69.8 cm³/mol. The zero-order chi connectivity index (χ0) is 15.6. The van der Waals surface area contributed by atoms with Gasteiger partial charge in [-0.2, -0.15) is 0 Å². The van der Waals surface area contributed by atoms with Crippen LogP contribution in [0.2, 0.25) is 5.15 Å². The van der Waals surface area contributed by atoms with Gasteiger partial charge < -0.3 is 15.1 Å². The Morgan fingerprint density at radius 1 is 1.14 bits per heavy atom. The van der Waals surface area contributed by atoms with Crippen molar-refractivity contribution in [3.63, 3.8) is 0 Å². The van der Waals surface area contributed by atoms with Gasteiger partial charge in [-0.3, -0.25) is 14.4 Å². The quantitative estimate of drug-likeness (QED) is 0.827. The molecule has 0 radical (unpaired) electrons. The van der Waals surface area contributed by atoms with Gasteiger partial charge in [0.1, 0.15) is 0 Å². The van der Waals surface area contributed by atoms with E-state index >= 15 is 0 Å². The van der Waals surface area contributed by atoms with E-state index < -0.39 is 29.7 Å². The van der Waals surface area contributed by atoms with E-state index in [0.717, 1.165) is 0 Å². The van der Waals surface area contributed by atoms with Crippen molar-refractivity contribution in [2.75, 3.05) is 13.1 Å². The Morgan fingerprint density at radius 3 is 2.33 bits per heavy atom. The minimum absolute atomic E-state index is 0.0392. The SMILES string of the molecule is O=C(O)C1CCN(C(=O)c2ccc(Cl)nn2)CC1C(=O)O. The molecule has 0 aromatic carbocycles. The Labute approximate surface area is 124 Å². The van der Waals surface area contributed by atoms with E-state index in [1.807, 2.05) is 0 Å². The van der Waals surface area contributed by atoms with Crippen LogP contribution in [0.25, 0.3) is 0 Å². The Kier molecular flexibility index (Phi) is 4.37. The van der Waals surface area contributed by atoms with Crippen LogP contribution in [-0.4, -0.2) is 56.2 Å². The molecular formula is C12H12ClN3O5. The normalized spacial score (nSPS) is 21.9. The van der Waals surface area contributed by atoms with Crippen molar-refractivity contribution in [3.8, 4) is 0 Å². The van der Waals surface area contributed by atoms with Crippen LogP contribution in [-0.2, 0) is 9.59 Å². The molecule has 2 unspecified atom stereocenters. The van der Waals surface area contributed by atoms with Crippen LogP contribution in [0.1, 0.15) is 16.9 Å². The van der Waals surface area contributed by atoms with E-state index in [1.54, 1.807) is 0 Å². The van der Waals surface area contributed by atoms with Crippen molar-refractivity contribution in [1.29, 1.82) is 0 Å². The van der Waals surface area contributed by atoms with Crippen LogP contribution < -0.4 is 0 Å². The number of hydrogen-bond donors (Lipinski definition) is 2. The third kappa shape index (κ3) is 3.27. The topological polar surface area (TPSA) is 121 Å². The first-order valence-corrected chi connectivity index (χ1v) is 6.52. The molecule has 1 aromatic heterocycles. The van der Waals surface area contributed by atoms with Gasteiger partial charge in [-0.05, 0) is 18.6 Å². The molecule has 1 aromatic rings. The lowest BCUT2D eigenvalue weighted by Gasteiger charge is -2.34. The number of hydrogen-bond acceptors (Lipinski definition) is 5. The molecule has 112 valence electrons. The average Bonchev–Trinajstić information content (AvgIpc) is 2.46. The summed E-state index contributed by atoms with van der Waals surface area (Å²) in [6.45, 7) is -0.0146. The molecule has 0 aliphatic carbocycles. The Bertz CT molecular complexity index is 577. The lowest BCUT2D eigenvalue weighted by Crippen LogP contribution is -2.48. The zero-order valence-corrected chi connectivity index (χ0v) is 11.5. The Morgan fingerprint density at radius 2 is 1.81 bits per heavy atom. The number of carbonyl (C=O) groups is 3. The molecule has 1 aliphatic heterocycles. The van der Waals surface area contributed by atoms with Crippen molar-refractivity contribution in [2.24, 2.45) is 11.8 Å². The van der Waals surface area contributed by atoms with Gasteiger partial charge in [0.25, 0.3) is 5.91 Å². The number of likely N-dealkylation sites (tertiary alicyclic amines) is 1. The molecule has 2 rings (SSSR count). The van der Waals surface area contributed by atoms with Gasteiger partial charge in [0.2, 0.25) is 0 Å². The molecule has 1 saturated heterocycles. The summed E-state index contributed by atoms with van der Waals surface area (Å²) in [5.74, 6) is -5.03. The van der Waals surface area contributed by atoms with Crippen molar-refractivity contribution < 1.29 is 24.6 Å². The minimum Gasteiger partial charge on any atom is -0.481 e. The van der Waals surface area contributed by atoms with E-state index in [4.69, 9.17) is 21.8 Å². The molecule has 0 bridgehead atoms. The summed E-state index contributed by atoms with van der Waals surface area (Å²) in [6.07, 6.45) is 0.0824. The number of piperidine rings is 1. The highest BCUT2D eigenvalue weighted by Crippen LogP contribution is 2.25. The summed E-state index contributed by atoms with van der Waals surface area (Å²) in [4.78, 5) is 35.7. The lowest BCUT2D eigenvalue weighted by atomic mass is 9.85. The van der Waals surface area contributed by atoms with E-state index in [0.29, 0.717) is 0 Å². The van der Waals surface area contributed by atoms with Crippen LogP contribution in [0.4, 0.5) is 0 Å². The van der Waals surface area contributed by atoms with Crippen LogP contribution in [0, 0.1) is 11.8 Å². The first-order valence-electron chi connectivity index (χ1n) is 6.14. The number of carbonyl (C=O) groups excluding carboxylic acids is 1. The Balaban J connectivity index is 2.15. The number of nitrogens with zero attached hydrogens (tertiary/aromatic N) is 3. The van der Waals surface area contributed by atoms with Crippen molar-refractivity contribution in [1.82, 2.24) is 15.1 Å². The Hall–Kier alpha value is -2.22. The van der Waals surface area contributed by atoms with Gasteiger partial charge in [0.15, 0.2) is 10.8 Å². The number of carboxylic acid groups (broad SMARTS) is 2. The maximum absolute atomic E-state index is 12.2. The monoisotopic (exact) mass is 313 g/mol. The van der Waals surface area contributed by atoms with Crippen LogP contribution >= 0.6 is 11.6 Å². The summed E-state index contributed by atoms with van der Waals surface area (Å²) in [6, 6.07) is 2.79. The summed E-state index contributed by atoms with van der Waals surface area (Å²) < 4.78 is 0. The van der Waals surface area contributed by atoms with Gasteiger partial charge in [0, 0.05) is 13.1 Å². The molecule has 1 amide bonds. The predicted octanol–water partition coefficient (Wildman–Crippen LogP) is 0.377. The second-order valence-corrected chi connectivity index (χ2v) is 5.06. The third-order valence-electron chi connectivity index (χ3n) is 3.39. The molecule has 0 spiro atoms. The second-order valence-electron chi connectivity index (χ2n) is 4.67. The van der Waals surface area contributed by atoms with Crippen molar-refractivity contribution >= 4 is 29.4 Å². The van der Waals surface area contributed by atoms with E-state index in [1.165, 1.54) is 17.0 Å². The summed E-state index contributed by atoms with van der Waals surface area (Å²) in [5.41, 5.74) is 0.0392. The zero-order valence-electron chi connectivity index (χ0n) is 10.8. The van der Waals surface area contributed by atoms with E-state index in [9.17, 15) is 14.4 Å². The van der Waals surface area contributed by atoms with E-state index in [-0.39, 0.29) is 30.4 Å². The highest BCUT2D eigenvalue weighted by Gasteiger charge is 2.40. The van der Waals surface area contributed by atoms with Gasteiger partial charge in [-0.25, -0.2) is 0 Å². The maximum atomic E-state index is 12.2. The second kappa shape index (κ2) is 6.04. The van der Waals surface area contributed by atoms with Crippen LogP contribution in [0.3, 0.4) is 0 Å². The summed E-state index contributed by atoms with van der Waals surface area (Å²) >= 11 is 5.58. The molecule has 1 aliphatic rings. The molecule has 0 saturated carbocycles. The van der Waals surface area contributed by atoms with Crippen LogP contribution in [0.5, 0.6) is 0 Å². The number of aromatic nitrogens is 2. The molecule has 2 N–H and O–H groups in total. The van der Waals surface area contributed by atoms with Crippen molar-refractivity contribution in [3.05, 3.63) is 23.0 Å². The summed E-state index contributed by atoms with van der Waals surface area (Å²) in [5, 5.41) is 25.5. The maximum Gasteiger partial charge on any atom is 0.309 e. The fourth-order valence-corrected chi connectivity index (χ4v) is 2.38. The van der Waals surface area contributed by atoms with Crippen molar-refractivity contribution in [2.45, 2.75) is 6.42 Å².